The van der Waals surface area contributed by atoms with Gasteiger partial charge in [0.25, 0.3) is 0 Å². The lowest BCUT2D eigenvalue weighted by Gasteiger charge is -2.19. The van der Waals surface area contributed by atoms with Crippen LogP contribution in [-0.4, -0.2) is 24.0 Å². The van der Waals surface area contributed by atoms with Crippen molar-refractivity contribution in [2.45, 2.75) is 31.6 Å². The average Bonchev–Trinajstić information content (AvgIpc) is 2.90. The van der Waals surface area contributed by atoms with Crippen LogP contribution in [0.2, 0.25) is 5.02 Å². The number of rotatable bonds is 2. The van der Waals surface area contributed by atoms with Crippen LogP contribution in [0.1, 0.15) is 24.0 Å². The highest BCUT2D eigenvalue weighted by Crippen LogP contribution is 2.38. The summed E-state index contributed by atoms with van der Waals surface area (Å²) >= 11 is 5.82. The molecule has 1 aromatic carbocycles. The molecule has 3 rings (SSSR count). The van der Waals surface area contributed by atoms with Gasteiger partial charge >= 0.3 is 6.18 Å². The van der Waals surface area contributed by atoms with Crippen LogP contribution < -0.4 is 5.73 Å². The van der Waals surface area contributed by atoms with Gasteiger partial charge in [0.1, 0.15) is 0 Å². The van der Waals surface area contributed by atoms with Crippen LogP contribution in [0.3, 0.4) is 0 Å². The molecule has 1 saturated heterocycles. The third-order valence-electron chi connectivity index (χ3n) is 4.68. The second-order valence-electron chi connectivity index (χ2n) is 6.21. The van der Waals surface area contributed by atoms with Gasteiger partial charge in [-0.25, -0.2) is 0 Å². The van der Waals surface area contributed by atoms with Gasteiger partial charge < -0.3 is 5.73 Å². The molecule has 2 nitrogen and oxygen atoms in total. The van der Waals surface area contributed by atoms with E-state index in [1.807, 2.05) is 0 Å². The molecule has 1 aliphatic carbocycles. The number of alkyl halides is 3. The topological polar surface area (TPSA) is 29.3 Å². The van der Waals surface area contributed by atoms with Crippen molar-refractivity contribution in [3.05, 3.63) is 34.3 Å². The molecule has 0 spiro atoms. The van der Waals surface area contributed by atoms with Crippen LogP contribution >= 0.6 is 11.6 Å². The molecule has 2 fully saturated rings. The van der Waals surface area contributed by atoms with E-state index in [0.717, 1.165) is 32.0 Å². The summed E-state index contributed by atoms with van der Waals surface area (Å²) in [6.45, 7) is 2.30. The van der Waals surface area contributed by atoms with Gasteiger partial charge in [-0.15, -0.1) is 0 Å². The molecule has 2 aliphatic rings. The normalized spacial score (nSPS) is 29.9. The first-order chi connectivity index (χ1) is 9.83. The smallest absolute Gasteiger partial charge is 0.327 e. The molecule has 0 aromatic heterocycles. The number of nitrogens with zero attached hydrogens (tertiary/aromatic N) is 1. The molecule has 1 aliphatic heterocycles. The van der Waals surface area contributed by atoms with Crippen molar-refractivity contribution in [2.24, 2.45) is 17.6 Å². The van der Waals surface area contributed by atoms with Gasteiger partial charge in [-0.3, -0.25) is 4.90 Å². The Bertz CT molecular complexity index is 532. The first-order valence-corrected chi connectivity index (χ1v) is 7.55. The SMILES string of the molecule is NC1CCC2CN(Cc3cc(Cl)cc(C(F)(F)F)c3)CC12. The van der Waals surface area contributed by atoms with Gasteiger partial charge in [-0.2, -0.15) is 13.2 Å². The number of fused-ring (bicyclic) bond motifs is 1. The Labute approximate surface area is 127 Å². The fraction of sp³-hybridized carbons (Fsp3) is 0.600. The Morgan fingerprint density at radius 2 is 1.95 bits per heavy atom. The zero-order chi connectivity index (χ0) is 15.2. The van der Waals surface area contributed by atoms with E-state index in [2.05, 4.69) is 4.90 Å². The first kappa shape index (κ1) is 15.1. The molecule has 0 bridgehead atoms. The molecule has 3 unspecified atom stereocenters. The molecule has 2 N–H and O–H groups in total. The van der Waals surface area contributed by atoms with Crippen molar-refractivity contribution in [1.29, 1.82) is 0 Å². The molecule has 21 heavy (non-hydrogen) atoms. The Morgan fingerprint density at radius 3 is 2.62 bits per heavy atom. The van der Waals surface area contributed by atoms with Crippen LogP contribution in [-0.2, 0) is 12.7 Å². The minimum atomic E-state index is -4.36. The summed E-state index contributed by atoms with van der Waals surface area (Å²) in [7, 11) is 0. The zero-order valence-electron chi connectivity index (χ0n) is 11.5. The average molecular weight is 319 g/mol. The van der Waals surface area contributed by atoms with Crippen molar-refractivity contribution >= 4 is 11.6 Å². The van der Waals surface area contributed by atoms with E-state index in [4.69, 9.17) is 17.3 Å². The van der Waals surface area contributed by atoms with Crippen molar-refractivity contribution in [2.75, 3.05) is 13.1 Å². The third kappa shape index (κ3) is 3.20. The number of likely N-dealkylation sites (tertiary alicyclic amines) is 1. The van der Waals surface area contributed by atoms with Gasteiger partial charge in [0.05, 0.1) is 5.56 Å². The van der Waals surface area contributed by atoms with E-state index in [1.165, 1.54) is 6.07 Å². The van der Waals surface area contributed by atoms with E-state index >= 15 is 0 Å². The summed E-state index contributed by atoms with van der Waals surface area (Å²) in [5.74, 6) is 1.09. The summed E-state index contributed by atoms with van der Waals surface area (Å²) in [6, 6.07) is 4.02. The largest absolute Gasteiger partial charge is 0.416 e. The van der Waals surface area contributed by atoms with E-state index < -0.39 is 11.7 Å². The lowest BCUT2D eigenvalue weighted by Crippen LogP contribution is -2.30. The highest BCUT2D eigenvalue weighted by Gasteiger charge is 2.40. The molecule has 1 aromatic rings. The van der Waals surface area contributed by atoms with E-state index in [9.17, 15) is 13.2 Å². The summed E-state index contributed by atoms with van der Waals surface area (Å²) in [4.78, 5) is 2.19. The quantitative estimate of drug-likeness (QED) is 0.904. The summed E-state index contributed by atoms with van der Waals surface area (Å²) in [6.07, 6.45) is -2.16. The molecule has 116 valence electrons. The van der Waals surface area contributed by atoms with Gasteiger partial charge in [-0.05, 0) is 48.4 Å². The fourth-order valence-electron chi connectivity index (χ4n) is 3.69. The maximum atomic E-state index is 12.8. The lowest BCUT2D eigenvalue weighted by molar-refractivity contribution is -0.137. The summed E-state index contributed by atoms with van der Waals surface area (Å²) < 4.78 is 38.4. The summed E-state index contributed by atoms with van der Waals surface area (Å²) in [5.41, 5.74) is 6.02. The number of hydrogen-bond donors (Lipinski definition) is 1. The van der Waals surface area contributed by atoms with Crippen LogP contribution in [0.25, 0.3) is 0 Å². The van der Waals surface area contributed by atoms with Crippen LogP contribution in [0.5, 0.6) is 0 Å². The number of hydrogen-bond acceptors (Lipinski definition) is 2. The Balaban J connectivity index is 1.73. The lowest BCUT2D eigenvalue weighted by atomic mass is 9.98. The van der Waals surface area contributed by atoms with Gasteiger partial charge in [-0.1, -0.05) is 11.6 Å². The highest BCUT2D eigenvalue weighted by molar-refractivity contribution is 6.30. The molecule has 6 heteroatoms. The molecule has 1 saturated carbocycles. The Hall–Kier alpha value is -0.780. The fourth-order valence-corrected chi connectivity index (χ4v) is 3.95. The number of benzene rings is 1. The minimum Gasteiger partial charge on any atom is -0.327 e. The maximum Gasteiger partial charge on any atom is 0.416 e. The number of halogens is 4. The monoisotopic (exact) mass is 318 g/mol. The minimum absolute atomic E-state index is 0.135. The number of nitrogens with two attached hydrogens (primary N) is 1. The highest BCUT2D eigenvalue weighted by atomic mass is 35.5. The van der Waals surface area contributed by atoms with Crippen LogP contribution in [0.15, 0.2) is 18.2 Å². The first-order valence-electron chi connectivity index (χ1n) is 7.17. The predicted octanol–water partition coefficient (Wildman–Crippen LogP) is 3.53. The van der Waals surface area contributed by atoms with Gasteiger partial charge in [0.2, 0.25) is 0 Å². The van der Waals surface area contributed by atoms with Crippen molar-refractivity contribution in [3.63, 3.8) is 0 Å². The zero-order valence-corrected chi connectivity index (χ0v) is 12.3. The predicted molar refractivity (Wildman–Crippen MR) is 75.9 cm³/mol. The van der Waals surface area contributed by atoms with Crippen molar-refractivity contribution < 1.29 is 13.2 Å². The van der Waals surface area contributed by atoms with E-state index in [-0.39, 0.29) is 11.1 Å². The molecule has 0 amide bonds. The van der Waals surface area contributed by atoms with Gasteiger partial charge in [0, 0.05) is 30.7 Å². The van der Waals surface area contributed by atoms with E-state index in [1.54, 1.807) is 6.07 Å². The third-order valence-corrected chi connectivity index (χ3v) is 4.90. The molecule has 1 heterocycles. The molecule has 0 radical (unpaired) electrons. The molecule has 3 atom stereocenters. The van der Waals surface area contributed by atoms with Gasteiger partial charge in [0.15, 0.2) is 0 Å². The molecular weight excluding hydrogens is 301 g/mol. The van der Waals surface area contributed by atoms with Crippen LogP contribution in [0, 0.1) is 11.8 Å². The van der Waals surface area contributed by atoms with Crippen LogP contribution in [0.4, 0.5) is 13.2 Å². The summed E-state index contributed by atoms with van der Waals surface area (Å²) in [5, 5.41) is 0.135. The second-order valence-corrected chi connectivity index (χ2v) is 6.64. The maximum absolute atomic E-state index is 12.8. The van der Waals surface area contributed by atoms with Crippen molar-refractivity contribution in [1.82, 2.24) is 4.90 Å². The second kappa shape index (κ2) is 5.45. The standard InChI is InChI=1S/C15H18ClF3N2/c16-12-4-9(3-11(5-12)15(17,18)19)6-21-7-10-1-2-14(20)13(10)8-21/h3-5,10,13-14H,1-2,6-8,20H2. The Kier molecular flexibility index (Phi) is 3.93. The molecular formula is C15H18ClF3N2. The Morgan fingerprint density at radius 1 is 1.19 bits per heavy atom. The van der Waals surface area contributed by atoms with E-state index in [0.29, 0.717) is 23.9 Å². The van der Waals surface area contributed by atoms with Crippen molar-refractivity contribution in [3.8, 4) is 0 Å².